The van der Waals surface area contributed by atoms with Gasteiger partial charge in [0.2, 0.25) is 0 Å². The van der Waals surface area contributed by atoms with E-state index in [0.29, 0.717) is 22.7 Å². The zero-order valence-electron chi connectivity index (χ0n) is 19.8. The Balaban J connectivity index is 1.69. The highest BCUT2D eigenvalue weighted by Crippen LogP contribution is 2.35. The summed E-state index contributed by atoms with van der Waals surface area (Å²) in [5, 5.41) is 8.27. The molecule has 1 aliphatic rings. The van der Waals surface area contributed by atoms with E-state index in [1.807, 2.05) is 63.6 Å². The number of hydrogen-bond donors (Lipinski definition) is 1. The second kappa shape index (κ2) is 9.21. The van der Waals surface area contributed by atoms with E-state index in [2.05, 4.69) is 15.4 Å². The second-order valence-electron chi connectivity index (χ2n) is 8.73. The number of pyridine rings is 1. The number of hydrogen-bond acceptors (Lipinski definition) is 5. The van der Waals surface area contributed by atoms with E-state index in [1.54, 1.807) is 17.2 Å². The molecule has 0 aliphatic carbocycles. The molecule has 2 aromatic heterocycles. The lowest BCUT2D eigenvalue weighted by Gasteiger charge is -2.35. The molecule has 1 aliphatic heterocycles. The van der Waals surface area contributed by atoms with Crippen LogP contribution in [0.3, 0.4) is 0 Å². The van der Waals surface area contributed by atoms with Crippen molar-refractivity contribution in [1.82, 2.24) is 20.1 Å². The minimum atomic E-state index is -0.787. The van der Waals surface area contributed by atoms with Crippen molar-refractivity contribution in [2.75, 3.05) is 11.4 Å². The number of amides is 2. The van der Waals surface area contributed by atoms with Crippen molar-refractivity contribution in [2.45, 2.75) is 65.6 Å². The van der Waals surface area contributed by atoms with Gasteiger partial charge in [-0.2, -0.15) is 5.10 Å². The van der Waals surface area contributed by atoms with Gasteiger partial charge >= 0.3 is 0 Å². The average molecular weight is 450 g/mol. The molecule has 1 unspecified atom stereocenters. The Labute approximate surface area is 193 Å². The number of carbonyl (C=O) groups excluding carboxylic acids is 2. The zero-order chi connectivity index (χ0) is 23.7. The Morgan fingerprint density at radius 2 is 1.94 bits per heavy atom. The molecule has 33 heavy (non-hydrogen) atoms. The number of aryl methyl sites for hydroxylation is 1. The molecule has 3 heterocycles. The fraction of sp³-hybridized carbons (Fsp3) is 0.440. The van der Waals surface area contributed by atoms with Gasteiger partial charge in [0.15, 0.2) is 11.8 Å². The molecule has 0 radical (unpaired) electrons. The van der Waals surface area contributed by atoms with Crippen molar-refractivity contribution >= 4 is 28.5 Å². The fourth-order valence-electron chi connectivity index (χ4n) is 4.16. The maximum absolute atomic E-state index is 13.7. The Bertz CT molecular complexity index is 1180. The summed E-state index contributed by atoms with van der Waals surface area (Å²) in [5.74, 6) is 0.0934. The zero-order valence-corrected chi connectivity index (χ0v) is 19.8. The largest absolute Gasteiger partial charge is 0.477 e. The first-order valence-corrected chi connectivity index (χ1v) is 11.6. The molecule has 3 aromatic rings. The van der Waals surface area contributed by atoms with Gasteiger partial charge in [0.05, 0.1) is 29.7 Å². The molecular weight excluding hydrogens is 418 g/mol. The Morgan fingerprint density at radius 3 is 2.64 bits per heavy atom. The van der Waals surface area contributed by atoms with Gasteiger partial charge in [-0.3, -0.25) is 9.59 Å². The highest BCUT2D eigenvalue weighted by atomic mass is 16.5. The second-order valence-corrected chi connectivity index (χ2v) is 8.73. The number of aromatic nitrogens is 3. The van der Waals surface area contributed by atoms with Crippen molar-refractivity contribution in [3.8, 4) is 5.75 Å². The van der Waals surface area contributed by atoms with E-state index in [-0.39, 0.29) is 30.4 Å². The van der Waals surface area contributed by atoms with Crippen LogP contribution in [0.1, 0.15) is 62.6 Å². The lowest BCUT2D eigenvalue weighted by Crippen LogP contribution is -2.52. The average Bonchev–Trinajstić information content (AvgIpc) is 3.23. The molecule has 0 saturated carbocycles. The highest BCUT2D eigenvalue weighted by Gasteiger charge is 2.35. The number of fused-ring (bicyclic) bond motifs is 2. The van der Waals surface area contributed by atoms with Crippen molar-refractivity contribution < 1.29 is 14.3 Å². The first-order valence-electron chi connectivity index (χ1n) is 11.6. The number of anilines is 1. The Kier molecular flexibility index (Phi) is 6.35. The monoisotopic (exact) mass is 449 g/mol. The predicted octanol–water partition coefficient (Wildman–Crippen LogP) is 4.03. The molecule has 0 saturated heterocycles. The number of ether oxygens (including phenoxy) is 1. The van der Waals surface area contributed by atoms with Crippen LogP contribution in [0, 0.1) is 6.92 Å². The van der Waals surface area contributed by atoms with Gasteiger partial charge in [-0.25, -0.2) is 9.67 Å². The molecule has 174 valence electrons. The van der Waals surface area contributed by atoms with Crippen LogP contribution >= 0.6 is 0 Å². The molecule has 4 rings (SSSR count). The summed E-state index contributed by atoms with van der Waals surface area (Å²) < 4.78 is 7.84. The quantitative estimate of drug-likeness (QED) is 0.614. The van der Waals surface area contributed by atoms with E-state index >= 15 is 0 Å². The van der Waals surface area contributed by atoms with Crippen molar-refractivity contribution in [2.24, 2.45) is 0 Å². The van der Waals surface area contributed by atoms with E-state index in [1.165, 1.54) is 0 Å². The van der Waals surface area contributed by atoms with Crippen LogP contribution in [0.2, 0.25) is 0 Å². The molecule has 8 heteroatoms. The number of nitrogens with zero attached hydrogens (tertiary/aromatic N) is 4. The van der Waals surface area contributed by atoms with Crippen LogP contribution in [0.15, 0.2) is 36.5 Å². The lowest BCUT2D eigenvalue weighted by atomic mass is 10.1. The molecule has 1 atom stereocenters. The van der Waals surface area contributed by atoms with Crippen LogP contribution in [0.25, 0.3) is 11.0 Å². The summed E-state index contributed by atoms with van der Waals surface area (Å²) in [4.78, 5) is 33.0. The third-order valence-corrected chi connectivity index (χ3v) is 6.12. The number of benzene rings is 1. The topological polar surface area (TPSA) is 89.4 Å². The molecule has 0 spiro atoms. The molecule has 1 aromatic carbocycles. The molecule has 2 amide bonds. The standard InChI is InChI=1S/C25H31N5O3/c1-6-18(7-2)28-24(31)22-14-29(20-10-8-9-11-21(20)33-22)25(32)19-12-17-13-26-30(15(3)4)23(17)27-16(19)5/h8-13,15,18,22H,6-7,14H2,1-5H3,(H,28,31). The summed E-state index contributed by atoms with van der Waals surface area (Å²) in [5.41, 5.74) is 2.51. The van der Waals surface area contributed by atoms with Gasteiger partial charge in [-0.05, 0) is 51.8 Å². The number of nitrogens with one attached hydrogen (secondary N) is 1. The minimum Gasteiger partial charge on any atom is -0.477 e. The molecule has 1 N–H and O–H groups in total. The van der Waals surface area contributed by atoms with Crippen LogP contribution in [0.4, 0.5) is 5.69 Å². The van der Waals surface area contributed by atoms with Crippen LogP contribution in [0.5, 0.6) is 5.75 Å². The van der Waals surface area contributed by atoms with Crippen molar-refractivity contribution in [1.29, 1.82) is 0 Å². The summed E-state index contributed by atoms with van der Waals surface area (Å²) in [6.45, 7) is 10.1. The van der Waals surface area contributed by atoms with Gasteiger partial charge < -0.3 is 15.0 Å². The smallest absolute Gasteiger partial charge is 0.263 e. The van der Waals surface area contributed by atoms with Gasteiger partial charge in [0, 0.05) is 17.5 Å². The predicted molar refractivity (Wildman–Crippen MR) is 128 cm³/mol. The summed E-state index contributed by atoms with van der Waals surface area (Å²) in [7, 11) is 0. The van der Waals surface area contributed by atoms with Crippen LogP contribution in [-0.4, -0.2) is 45.3 Å². The number of rotatable bonds is 6. The van der Waals surface area contributed by atoms with Gasteiger partial charge in [-0.1, -0.05) is 26.0 Å². The van der Waals surface area contributed by atoms with Crippen molar-refractivity contribution in [3.63, 3.8) is 0 Å². The Morgan fingerprint density at radius 1 is 1.21 bits per heavy atom. The molecule has 0 fully saturated rings. The first-order chi connectivity index (χ1) is 15.8. The Hall–Kier alpha value is -3.42. The van der Waals surface area contributed by atoms with Gasteiger partial charge in [-0.15, -0.1) is 0 Å². The molecule has 0 bridgehead atoms. The normalized spacial score (nSPS) is 15.6. The molecular formula is C25H31N5O3. The van der Waals surface area contributed by atoms with Crippen LogP contribution < -0.4 is 15.0 Å². The van der Waals surface area contributed by atoms with Crippen molar-refractivity contribution in [3.05, 3.63) is 47.8 Å². The third-order valence-electron chi connectivity index (χ3n) is 6.12. The minimum absolute atomic E-state index is 0.0776. The van der Waals surface area contributed by atoms with E-state index in [9.17, 15) is 9.59 Å². The van der Waals surface area contributed by atoms with E-state index in [4.69, 9.17) is 4.74 Å². The highest BCUT2D eigenvalue weighted by molar-refractivity contribution is 6.09. The van der Waals surface area contributed by atoms with E-state index < -0.39 is 6.10 Å². The van der Waals surface area contributed by atoms with E-state index in [0.717, 1.165) is 23.9 Å². The summed E-state index contributed by atoms with van der Waals surface area (Å²) in [6.07, 6.45) is 2.62. The number of para-hydroxylation sites is 2. The SMILES string of the molecule is CCC(CC)NC(=O)C1CN(C(=O)c2cc3cnn(C(C)C)c3nc2C)c2ccccc2O1. The van der Waals surface area contributed by atoms with Gasteiger partial charge in [0.1, 0.15) is 5.75 Å². The first kappa shape index (κ1) is 22.8. The lowest BCUT2D eigenvalue weighted by molar-refractivity contribution is -0.128. The fourth-order valence-corrected chi connectivity index (χ4v) is 4.16. The van der Waals surface area contributed by atoms with Crippen LogP contribution in [-0.2, 0) is 4.79 Å². The third kappa shape index (κ3) is 4.29. The molecule has 8 nitrogen and oxygen atoms in total. The maximum atomic E-state index is 13.7. The number of carbonyl (C=O) groups is 2. The summed E-state index contributed by atoms with van der Waals surface area (Å²) >= 11 is 0. The summed E-state index contributed by atoms with van der Waals surface area (Å²) in [6, 6.07) is 9.39. The van der Waals surface area contributed by atoms with Gasteiger partial charge in [0.25, 0.3) is 11.8 Å². The maximum Gasteiger partial charge on any atom is 0.263 e.